The number of nitrogens with zero attached hydrogens (tertiary/aromatic N) is 1. The average molecular weight is 426 g/mol. The average Bonchev–Trinajstić information content (AvgIpc) is 3.07. The van der Waals surface area contributed by atoms with E-state index >= 15 is 0 Å². The maximum absolute atomic E-state index is 13.0. The van der Waals surface area contributed by atoms with Crippen LogP contribution in [0.15, 0.2) is 40.8 Å². The maximum Gasteiger partial charge on any atom is 0.229 e. The minimum atomic E-state index is -0.292. The molecule has 0 radical (unpaired) electrons. The predicted octanol–water partition coefficient (Wildman–Crippen LogP) is 5.36. The van der Waals surface area contributed by atoms with Crippen molar-refractivity contribution in [2.45, 2.75) is 39.8 Å². The second kappa shape index (κ2) is 7.89. The number of benzene rings is 2. The van der Waals surface area contributed by atoms with E-state index in [0.717, 1.165) is 6.54 Å². The van der Waals surface area contributed by atoms with Crippen LogP contribution in [-0.2, 0) is 0 Å². The van der Waals surface area contributed by atoms with Gasteiger partial charge in [0.2, 0.25) is 5.78 Å². The molecule has 1 aromatic heterocycles. The number of ether oxygens (including phenoxy) is 1. The summed E-state index contributed by atoms with van der Waals surface area (Å²) in [7, 11) is 0. The Morgan fingerprint density at radius 3 is 2.27 bits per heavy atom. The molecule has 0 unspecified atom stereocenters. The molecule has 0 fully saturated rings. The molecule has 6 heteroatoms. The van der Waals surface area contributed by atoms with Crippen molar-refractivity contribution in [3.8, 4) is 5.75 Å². The summed E-state index contributed by atoms with van der Waals surface area (Å²) in [5.74, 6) is 0.0144. The molecule has 0 atom stereocenters. The lowest BCUT2D eigenvalue weighted by atomic mass is 9.87. The maximum atomic E-state index is 13.0. The van der Waals surface area contributed by atoms with Crippen LogP contribution in [0.1, 0.15) is 59.7 Å². The van der Waals surface area contributed by atoms with Crippen LogP contribution in [0.4, 0.5) is 0 Å². The number of fused-ring (bicyclic) bond motifs is 4. The fraction of sp³-hybridized carbons (Fsp3) is 0.333. The van der Waals surface area contributed by atoms with Crippen LogP contribution in [-0.4, -0.2) is 41.7 Å². The van der Waals surface area contributed by atoms with Gasteiger partial charge in [-0.3, -0.25) is 14.5 Å². The highest BCUT2D eigenvalue weighted by Gasteiger charge is 2.35. The van der Waals surface area contributed by atoms with Crippen LogP contribution in [0.25, 0.3) is 11.0 Å². The third kappa shape index (κ3) is 3.42. The summed E-state index contributed by atoms with van der Waals surface area (Å²) in [6.07, 6.45) is 0. The molecule has 5 nitrogen and oxygen atoms in total. The normalized spacial score (nSPS) is 13.5. The Kier molecular flexibility index (Phi) is 5.43. The van der Waals surface area contributed by atoms with E-state index in [2.05, 4.69) is 32.6 Å². The van der Waals surface area contributed by atoms with E-state index in [-0.39, 0.29) is 22.9 Å². The van der Waals surface area contributed by atoms with Gasteiger partial charge in [-0.25, -0.2) is 0 Å². The first-order valence-electron chi connectivity index (χ1n) is 10.1. The topological polar surface area (TPSA) is 59.8 Å². The van der Waals surface area contributed by atoms with Gasteiger partial charge in [0.15, 0.2) is 11.5 Å². The monoisotopic (exact) mass is 425 g/mol. The zero-order valence-electron chi connectivity index (χ0n) is 17.5. The summed E-state index contributed by atoms with van der Waals surface area (Å²) in [5.41, 5.74) is 1.43. The summed E-state index contributed by atoms with van der Waals surface area (Å²) < 4.78 is 11.7. The molecule has 1 aliphatic rings. The quantitative estimate of drug-likeness (QED) is 0.416. The van der Waals surface area contributed by atoms with Crippen LogP contribution in [0, 0.1) is 0 Å². The second-order valence-corrected chi connectivity index (χ2v) is 8.47. The summed E-state index contributed by atoms with van der Waals surface area (Å²) >= 11 is 6.45. The lowest BCUT2D eigenvalue weighted by Gasteiger charge is -2.30. The van der Waals surface area contributed by atoms with Gasteiger partial charge in [-0.15, -0.1) is 0 Å². The van der Waals surface area contributed by atoms with Crippen molar-refractivity contribution in [2.75, 3.05) is 13.2 Å². The lowest BCUT2D eigenvalue weighted by Crippen LogP contribution is -2.39. The summed E-state index contributed by atoms with van der Waals surface area (Å²) in [6, 6.07) is 10.9. The van der Waals surface area contributed by atoms with Gasteiger partial charge >= 0.3 is 0 Å². The van der Waals surface area contributed by atoms with E-state index in [9.17, 15) is 9.59 Å². The van der Waals surface area contributed by atoms with Crippen LogP contribution in [0.2, 0.25) is 5.02 Å². The molecule has 0 saturated heterocycles. The lowest BCUT2D eigenvalue weighted by molar-refractivity contribution is 0.0962. The molecule has 0 aliphatic heterocycles. The molecule has 4 rings (SSSR count). The third-order valence-electron chi connectivity index (χ3n) is 5.53. The minimum Gasteiger partial charge on any atom is -0.491 e. The molecule has 0 N–H and O–H groups in total. The molecule has 3 aromatic rings. The number of halogens is 1. The Labute approximate surface area is 180 Å². The molecule has 156 valence electrons. The van der Waals surface area contributed by atoms with Crippen LogP contribution < -0.4 is 4.74 Å². The van der Waals surface area contributed by atoms with Gasteiger partial charge in [0.1, 0.15) is 17.9 Å². The van der Waals surface area contributed by atoms with Crippen LogP contribution in [0.5, 0.6) is 5.75 Å². The minimum absolute atomic E-state index is 0.0627. The standard InChI is InChI=1S/C24H24ClNO4/c1-13(2)26(14(3)4)9-10-29-20-12-19-17(11-18(20)25)21-22(27)15-7-5-6-8-16(15)23(28)24(21)30-19/h5-8,11-14H,9-10H2,1-4H3. The van der Waals surface area contributed by atoms with Crippen molar-refractivity contribution < 1.29 is 18.7 Å². The van der Waals surface area contributed by atoms with E-state index in [4.69, 9.17) is 20.8 Å². The first-order valence-corrected chi connectivity index (χ1v) is 10.5. The largest absolute Gasteiger partial charge is 0.491 e. The van der Waals surface area contributed by atoms with Crippen molar-refractivity contribution in [2.24, 2.45) is 0 Å². The molecule has 1 aliphatic carbocycles. The van der Waals surface area contributed by atoms with Crippen molar-refractivity contribution in [3.05, 3.63) is 63.9 Å². The van der Waals surface area contributed by atoms with Gasteiger partial charge in [-0.1, -0.05) is 35.9 Å². The highest BCUT2D eigenvalue weighted by molar-refractivity contribution is 6.35. The zero-order chi connectivity index (χ0) is 21.6. The number of carbonyl (C=O) groups excluding carboxylic acids is 2. The van der Waals surface area contributed by atoms with Gasteiger partial charge < -0.3 is 9.15 Å². The van der Waals surface area contributed by atoms with E-state index < -0.39 is 0 Å². The van der Waals surface area contributed by atoms with Gasteiger partial charge in [0.05, 0.1) is 10.6 Å². The fourth-order valence-corrected chi connectivity index (χ4v) is 4.32. The molecule has 0 bridgehead atoms. The van der Waals surface area contributed by atoms with Crippen molar-refractivity contribution in [1.29, 1.82) is 0 Å². The Morgan fingerprint density at radius 1 is 1.00 bits per heavy atom. The number of hydrogen-bond acceptors (Lipinski definition) is 5. The number of furan rings is 1. The Morgan fingerprint density at radius 2 is 1.63 bits per heavy atom. The molecule has 1 heterocycles. The summed E-state index contributed by atoms with van der Waals surface area (Å²) in [4.78, 5) is 28.2. The molecular weight excluding hydrogens is 402 g/mol. The van der Waals surface area contributed by atoms with Gasteiger partial charge in [-0.05, 0) is 33.8 Å². The van der Waals surface area contributed by atoms with Crippen molar-refractivity contribution in [3.63, 3.8) is 0 Å². The third-order valence-corrected chi connectivity index (χ3v) is 5.82. The van der Waals surface area contributed by atoms with E-state index in [1.165, 1.54) is 0 Å². The Bertz CT molecular complexity index is 1140. The van der Waals surface area contributed by atoms with Crippen LogP contribution >= 0.6 is 11.6 Å². The second-order valence-electron chi connectivity index (χ2n) is 8.06. The van der Waals surface area contributed by atoms with Gasteiger partial charge in [-0.2, -0.15) is 0 Å². The SMILES string of the molecule is CC(C)N(CCOc1cc2oc3c(c2cc1Cl)C(=O)c1ccccc1C3=O)C(C)C. The molecule has 0 saturated carbocycles. The first-order chi connectivity index (χ1) is 14.3. The molecule has 2 aromatic carbocycles. The van der Waals surface area contributed by atoms with Gasteiger partial charge in [0.25, 0.3) is 0 Å². The molecule has 0 amide bonds. The van der Waals surface area contributed by atoms with E-state index in [1.807, 2.05) is 0 Å². The Balaban J connectivity index is 1.65. The highest BCUT2D eigenvalue weighted by atomic mass is 35.5. The molecule has 0 spiro atoms. The zero-order valence-corrected chi connectivity index (χ0v) is 18.2. The first kappa shape index (κ1) is 20.6. The number of carbonyl (C=O) groups is 2. The predicted molar refractivity (Wildman–Crippen MR) is 117 cm³/mol. The number of ketones is 2. The summed E-state index contributed by atoms with van der Waals surface area (Å²) in [6.45, 7) is 9.82. The smallest absolute Gasteiger partial charge is 0.229 e. The van der Waals surface area contributed by atoms with Crippen molar-refractivity contribution in [1.82, 2.24) is 4.90 Å². The van der Waals surface area contributed by atoms with Crippen molar-refractivity contribution >= 4 is 34.1 Å². The molecule has 30 heavy (non-hydrogen) atoms. The van der Waals surface area contributed by atoms with E-state index in [1.54, 1.807) is 36.4 Å². The fourth-order valence-electron chi connectivity index (χ4n) is 4.10. The van der Waals surface area contributed by atoms with Crippen LogP contribution in [0.3, 0.4) is 0 Å². The highest BCUT2D eigenvalue weighted by Crippen LogP contribution is 2.39. The molecular formula is C24H24ClNO4. The number of rotatable bonds is 6. The Hall–Kier alpha value is -2.63. The number of hydrogen-bond donors (Lipinski definition) is 0. The van der Waals surface area contributed by atoms with Gasteiger partial charge in [0, 0.05) is 41.2 Å². The van der Waals surface area contributed by atoms with E-state index in [0.29, 0.717) is 51.6 Å². The summed E-state index contributed by atoms with van der Waals surface area (Å²) in [5, 5.41) is 0.909.